The molecule has 1 unspecified atom stereocenters. The summed E-state index contributed by atoms with van der Waals surface area (Å²) in [5, 5.41) is 0. The molecule has 0 radical (unpaired) electrons. The van der Waals surface area contributed by atoms with Crippen molar-refractivity contribution in [1.29, 1.82) is 0 Å². The van der Waals surface area contributed by atoms with Gasteiger partial charge in [0, 0.05) is 12.0 Å². The zero-order valence-corrected chi connectivity index (χ0v) is 11.4. The van der Waals surface area contributed by atoms with Crippen molar-refractivity contribution in [2.75, 3.05) is 19.8 Å². The summed E-state index contributed by atoms with van der Waals surface area (Å²) in [6.07, 6.45) is 6.71. The Balaban J connectivity index is 1.68. The third-order valence-corrected chi connectivity index (χ3v) is 4.51. The van der Waals surface area contributed by atoms with Gasteiger partial charge in [-0.25, -0.2) is 0 Å². The average Bonchev–Trinajstić information content (AvgIpc) is 3.31. The lowest BCUT2D eigenvalue weighted by molar-refractivity contribution is 0.262. The van der Waals surface area contributed by atoms with Gasteiger partial charge in [-0.3, -0.25) is 0 Å². The summed E-state index contributed by atoms with van der Waals surface area (Å²) in [7, 11) is 0. The minimum atomic E-state index is 0.205. The Kier molecular flexibility index (Phi) is 3.76. The molecule has 0 spiro atoms. The lowest BCUT2D eigenvalue weighted by atomic mass is 9.69. The van der Waals surface area contributed by atoms with E-state index < -0.39 is 0 Å². The highest BCUT2D eigenvalue weighted by molar-refractivity contribution is 5.33. The largest absolute Gasteiger partial charge is 0.491 e. The summed E-state index contributed by atoms with van der Waals surface area (Å²) in [5.74, 6) is 0.933. The molecule has 1 aliphatic heterocycles. The molecule has 104 valence electrons. The van der Waals surface area contributed by atoms with Gasteiger partial charge in [-0.2, -0.15) is 0 Å². The lowest BCUT2D eigenvalue weighted by Crippen LogP contribution is -2.37. The highest BCUT2D eigenvalue weighted by atomic mass is 16.6. The average molecular weight is 261 g/mol. The Morgan fingerprint density at radius 1 is 1.16 bits per heavy atom. The van der Waals surface area contributed by atoms with Crippen LogP contribution in [0.25, 0.3) is 0 Å². The second kappa shape index (κ2) is 5.51. The van der Waals surface area contributed by atoms with Crippen molar-refractivity contribution in [2.24, 2.45) is 5.73 Å². The quantitative estimate of drug-likeness (QED) is 0.829. The van der Waals surface area contributed by atoms with Crippen LogP contribution in [0.2, 0.25) is 0 Å². The van der Waals surface area contributed by atoms with E-state index in [1.54, 1.807) is 0 Å². The summed E-state index contributed by atoms with van der Waals surface area (Å²) < 4.78 is 10.8. The van der Waals surface area contributed by atoms with E-state index in [1.165, 1.54) is 37.7 Å². The number of rotatable bonds is 5. The van der Waals surface area contributed by atoms with Crippen LogP contribution in [-0.4, -0.2) is 25.9 Å². The maximum atomic E-state index is 6.07. The highest BCUT2D eigenvalue weighted by Gasteiger charge is 2.32. The fourth-order valence-electron chi connectivity index (χ4n) is 3.10. The van der Waals surface area contributed by atoms with E-state index in [2.05, 4.69) is 24.3 Å². The first-order valence-electron chi connectivity index (χ1n) is 7.37. The summed E-state index contributed by atoms with van der Waals surface area (Å²) in [4.78, 5) is 0. The second-order valence-electron chi connectivity index (χ2n) is 5.84. The third kappa shape index (κ3) is 2.93. The number of nitrogens with two attached hydrogens (primary N) is 1. The molecule has 1 heterocycles. The second-order valence-corrected chi connectivity index (χ2v) is 5.84. The highest BCUT2D eigenvalue weighted by Crippen LogP contribution is 2.39. The van der Waals surface area contributed by atoms with Crippen LogP contribution in [-0.2, 0) is 10.2 Å². The fraction of sp³-hybridized carbons (Fsp3) is 0.625. The van der Waals surface area contributed by atoms with Crippen LogP contribution in [0.4, 0.5) is 0 Å². The van der Waals surface area contributed by atoms with Gasteiger partial charge in [0.1, 0.15) is 18.5 Å². The predicted molar refractivity (Wildman–Crippen MR) is 75.5 cm³/mol. The van der Waals surface area contributed by atoms with Crippen LogP contribution in [0.5, 0.6) is 5.75 Å². The molecule has 2 fully saturated rings. The number of hydrogen-bond acceptors (Lipinski definition) is 3. The van der Waals surface area contributed by atoms with Gasteiger partial charge in [-0.15, -0.1) is 0 Å². The molecule has 3 heteroatoms. The molecule has 3 rings (SSSR count). The van der Waals surface area contributed by atoms with Gasteiger partial charge in [0.15, 0.2) is 0 Å². The summed E-state index contributed by atoms with van der Waals surface area (Å²) in [6, 6.07) is 8.54. The number of hydrogen-bond donors (Lipinski definition) is 1. The molecule has 1 aromatic carbocycles. The molecule has 0 bridgehead atoms. The normalized spacial score (nSPS) is 25.0. The van der Waals surface area contributed by atoms with E-state index in [-0.39, 0.29) is 5.41 Å². The van der Waals surface area contributed by atoms with Crippen LogP contribution >= 0.6 is 0 Å². The molecule has 0 aromatic heterocycles. The summed E-state index contributed by atoms with van der Waals surface area (Å²) >= 11 is 0. The standard InChI is InChI=1S/C16H23NO2/c17-12-16(8-2-1-3-9-16)13-4-6-14(7-5-13)18-10-15-11-19-15/h4-7,15H,1-3,8-12,17H2. The van der Waals surface area contributed by atoms with Crippen molar-refractivity contribution in [3.8, 4) is 5.75 Å². The molecular formula is C16H23NO2. The first-order valence-corrected chi connectivity index (χ1v) is 7.37. The van der Waals surface area contributed by atoms with E-state index in [0.29, 0.717) is 12.7 Å². The first kappa shape index (κ1) is 12.9. The molecule has 1 saturated heterocycles. The molecule has 0 amide bonds. The van der Waals surface area contributed by atoms with Crippen molar-refractivity contribution in [3.63, 3.8) is 0 Å². The monoisotopic (exact) mass is 261 g/mol. The Bertz CT molecular complexity index is 405. The van der Waals surface area contributed by atoms with E-state index >= 15 is 0 Å². The number of benzene rings is 1. The Hall–Kier alpha value is -1.06. The zero-order chi connectivity index (χ0) is 13.1. The van der Waals surface area contributed by atoms with Gasteiger partial charge in [0.25, 0.3) is 0 Å². The van der Waals surface area contributed by atoms with E-state index in [0.717, 1.165) is 18.9 Å². The topological polar surface area (TPSA) is 47.8 Å². The van der Waals surface area contributed by atoms with Gasteiger partial charge in [-0.1, -0.05) is 31.4 Å². The minimum absolute atomic E-state index is 0.205. The Morgan fingerprint density at radius 3 is 2.42 bits per heavy atom. The van der Waals surface area contributed by atoms with E-state index in [9.17, 15) is 0 Å². The molecule has 1 atom stereocenters. The van der Waals surface area contributed by atoms with Crippen molar-refractivity contribution < 1.29 is 9.47 Å². The van der Waals surface area contributed by atoms with Gasteiger partial charge in [0.2, 0.25) is 0 Å². The smallest absolute Gasteiger partial charge is 0.119 e. The minimum Gasteiger partial charge on any atom is -0.491 e. The van der Waals surface area contributed by atoms with Crippen molar-refractivity contribution in [1.82, 2.24) is 0 Å². The van der Waals surface area contributed by atoms with Crippen LogP contribution in [0.3, 0.4) is 0 Å². The molecular weight excluding hydrogens is 238 g/mol. The maximum Gasteiger partial charge on any atom is 0.119 e. The first-order chi connectivity index (χ1) is 9.32. The third-order valence-electron chi connectivity index (χ3n) is 4.51. The summed E-state index contributed by atoms with van der Waals surface area (Å²) in [6.45, 7) is 2.26. The molecule has 19 heavy (non-hydrogen) atoms. The molecule has 2 aliphatic rings. The van der Waals surface area contributed by atoms with Crippen molar-refractivity contribution in [2.45, 2.75) is 43.6 Å². The van der Waals surface area contributed by atoms with Crippen LogP contribution in [0.1, 0.15) is 37.7 Å². The van der Waals surface area contributed by atoms with Crippen LogP contribution in [0.15, 0.2) is 24.3 Å². The van der Waals surface area contributed by atoms with Gasteiger partial charge in [0.05, 0.1) is 6.61 Å². The van der Waals surface area contributed by atoms with Crippen LogP contribution in [0, 0.1) is 0 Å². The van der Waals surface area contributed by atoms with Crippen LogP contribution < -0.4 is 10.5 Å². The lowest BCUT2D eigenvalue weighted by Gasteiger charge is -2.36. The SMILES string of the molecule is NCC1(c2ccc(OCC3CO3)cc2)CCCCC1. The van der Waals surface area contributed by atoms with Crippen molar-refractivity contribution >= 4 is 0 Å². The molecule has 1 saturated carbocycles. The van der Waals surface area contributed by atoms with Gasteiger partial charge in [-0.05, 0) is 30.5 Å². The molecule has 3 nitrogen and oxygen atoms in total. The maximum absolute atomic E-state index is 6.07. The van der Waals surface area contributed by atoms with Gasteiger partial charge >= 0.3 is 0 Å². The number of epoxide rings is 1. The molecule has 2 N–H and O–H groups in total. The Morgan fingerprint density at radius 2 is 1.84 bits per heavy atom. The van der Waals surface area contributed by atoms with E-state index in [1.807, 2.05) is 0 Å². The Labute approximate surface area is 115 Å². The van der Waals surface area contributed by atoms with Crippen molar-refractivity contribution in [3.05, 3.63) is 29.8 Å². The zero-order valence-electron chi connectivity index (χ0n) is 11.4. The van der Waals surface area contributed by atoms with Gasteiger partial charge < -0.3 is 15.2 Å². The predicted octanol–water partition coefficient (Wildman–Crippen LogP) is 2.62. The summed E-state index contributed by atoms with van der Waals surface area (Å²) in [5.41, 5.74) is 7.65. The molecule has 1 aromatic rings. The fourth-order valence-corrected chi connectivity index (χ4v) is 3.10. The number of ether oxygens (including phenoxy) is 2. The molecule has 1 aliphatic carbocycles. The van der Waals surface area contributed by atoms with E-state index in [4.69, 9.17) is 15.2 Å².